The summed E-state index contributed by atoms with van der Waals surface area (Å²) in [5, 5.41) is 6.67. The number of hydrogen-bond donors (Lipinski definition) is 2. The average molecular weight is 325 g/mol. The fourth-order valence-electron chi connectivity index (χ4n) is 3.89. The molecule has 0 saturated carbocycles. The van der Waals surface area contributed by atoms with Crippen molar-refractivity contribution in [2.45, 2.75) is 51.5 Å². The molecule has 0 aromatic carbocycles. The number of ether oxygens (including phenoxy) is 1. The van der Waals surface area contributed by atoms with E-state index in [0.29, 0.717) is 24.3 Å². The van der Waals surface area contributed by atoms with Crippen LogP contribution < -0.4 is 10.6 Å². The first-order chi connectivity index (χ1) is 11.2. The number of amides is 1. The number of methoxy groups -OCH3 is 1. The number of hydrogen-bond acceptors (Lipinski definition) is 4. The minimum Gasteiger partial charge on any atom is -0.385 e. The summed E-state index contributed by atoms with van der Waals surface area (Å²) in [6.45, 7) is 8.60. The number of rotatable bonds is 8. The molecule has 0 bridgehead atoms. The first kappa shape index (κ1) is 18.7. The van der Waals surface area contributed by atoms with Crippen LogP contribution in [0.2, 0.25) is 0 Å². The molecule has 1 amide bonds. The van der Waals surface area contributed by atoms with Crippen molar-refractivity contribution in [1.82, 2.24) is 15.5 Å². The van der Waals surface area contributed by atoms with E-state index in [4.69, 9.17) is 4.74 Å². The van der Waals surface area contributed by atoms with Gasteiger partial charge in [-0.3, -0.25) is 4.79 Å². The highest BCUT2D eigenvalue weighted by molar-refractivity contribution is 5.76. The topological polar surface area (TPSA) is 53.6 Å². The third-order valence-electron chi connectivity index (χ3n) is 5.47. The summed E-state index contributed by atoms with van der Waals surface area (Å²) < 4.78 is 5.11. The number of likely N-dealkylation sites (tertiary alicyclic amines) is 1. The van der Waals surface area contributed by atoms with Gasteiger partial charge in [0.05, 0.1) is 0 Å². The van der Waals surface area contributed by atoms with Gasteiger partial charge in [0.25, 0.3) is 0 Å². The SMILES string of the molecule is COCCCN1CCC(NC(=O)CC(C)C2CCNCC2)CC1. The molecular formula is C18H35N3O2. The summed E-state index contributed by atoms with van der Waals surface area (Å²) in [5.41, 5.74) is 0. The lowest BCUT2D eigenvalue weighted by Crippen LogP contribution is -2.45. The highest BCUT2D eigenvalue weighted by Gasteiger charge is 2.24. The molecule has 0 aliphatic carbocycles. The minimum absolute atomic E-state index is 0.258. The molecule has 0 aromatic rings. The maximum atomic E-state index is 12.3. The number of carbonyl (C=O) groups is 1. The number of nitrogens with one attached hydrogen (secondary N) is 2. The molecule has 0 spiro atoms. The van der Waals surface area contributed by atoms with Crippen molar-refractivity contribution in [3.8, 4) is 0 Å². The lowest BCUT2D eigenvalue weighted by Gasteiger charge is -2.33. The fraction of sp³-hybridized carbons (Fsp3) is 0.944. The van der Waals surface area contributed by atoms with Gasteiger partial charge in [0.1, 0.15) is 0 Å². The fourth-order valence-corrected chi connectivity index (χ4v) is 3.89. The van der Waals surface area contributed by atoms with Gasteiger partial charge in [-0.1, -0.05) is 6.92 Å². The highest BCUT2D eigenvalue weighted by atomic mass is 16.5. The Balaban J connectivity index is 1.60. The Morgan fingerprint density at radius 1 is 1.26 bits per heavy atom. The maximum Gasteiger partial charge on any atom is 0.220 e. The Hall–Kier alpha value is -0.650. The number of nitrogens with zero attached hydrogens (tertiary/aromatic N) is 1. The smallest absolute Gasteiger partial charge is 0.220 e. The first-order valence-corrected chi connectivity index (χ1v) is 9.40. The molecule has 2 N–H and O–H groups in total. The van der Waals surface area contributed by atoms with Gasteiger partial charge in [-0.15, -0.1) is 0 Å². The highest BCUT2D eigenvalue weighted by Crippen LogP contribution is 2.24. The van der Waals surface area contributed by atoms with Crippen LogP contribution in [0.15, 0.2) is 0 Å². The lowest BCUT2D eigenvalue weighted by atomic mass is 9.84. The van der Waals surface area contributed by atoms with Crippen LogP contribution in [0.3, 0.4) is 0 Å². The van der Waals surface area contributed by atoms with E-state index in [1.807, 2.05) is 0 Å². The molecule has 2 aliphatic heterocycles. The Kier molecular flexibility index (Phi) is 8.34. The molecule has 0 aromatic heterocycles. The van der Waals surface area contributed by atoms with Crippen LogP contribution in [0, 0.1) is 11.8 Å². The van der Waals surface area contributed by atoms with E-state index in [0.717, 1.165) is 58.6 Å². The second kappa shape index (κ2) is 10.3. The zero-order chi connectivity index (χ0) is 16.5. The number of piperidine rings is 2. The molecule has 1 unspecified atom stereocenters. The van der Waals surface area contributed by atoms with Crippen molar-refractivity contribution in [2.75, 3.05) is 46.4 Å². The van der Waals surface area contributed by atoms with E-state index in [-0.39, 0.29) is 5.91 Å². The monoisotopic (exact) mass is 325 g/mol. The first-order valence-electron chi connectivity index (χ1n) is 9.40. The Morgan fingerprint density at radius 3 is 2.61 bits per heavy atom. The van der Waals surface area contributed by atoms with Gasteiger partial charge in [0.2, 0.25) is 5.91 Å². The van der Waals surface area contributed by atoms with E-state index >= 15 is 0 Å². The van der Waals surface area contributed by atoms with Crippen molar-refractivity contribution in [3.63, 3.8) is 0 Å². The minimum atomic E-state index is 0.258. The van der Waals surface area contributed by atoms with Crippen molar-refractivity contribution < 1.29 is 9.53 Å². The molecule has 5 heteroatoms. The molecule has 5 nitrogen and oxygen atoms in total. The Bertz CT molecular complexity index is 337. The van der Waals surface area contributed by atoms with E-state index in [2.05, 4.69) is 22.5 Å². The maximum absolute atomic E-state index is 12.3. The molecule has 2 heterocycles. The molecule has 2 fully saturated rings. The van der Waals surface area contributed by atoms with Crippen LogP contribution in [0.25, 0.3) is 0 Å². The third kappa shape index (κ3) is 6.77. The normalized spacial score (nSPS) is 22.9. The predicted molar refractivity (Wildman–Crippen MR) is 93.5 cm³/mol. The van der Waals surface area contributed by atoms with Gasteiger partial charge in [-0.2, -0.15) is 0 Å². The summed E-state index contributed by atoms with van der Waals surface area (Å²) in [7, 11) is 1.76. The zero-order valence-electron chi connectivity index (χ0n) is 15.0. The number of carbonyl (C=O) groups excluding carboxylic acids is 1. The molecular weight excluding hydrogens is 290 g/mol. The van der Waals surface area contributed by atoms with Gasteiger partial charge in [0, 0.05) is 45.8 Å². The van der Waals surface area contributed by atoms with Crippen molar-refractivity contribution in [1.29, 1.82) is 0 Å². The molecule has 1 atom stereocenters. The zero-order valence-corrected chi connectivity index (χ0v) is 15.0. The van der Waals surface area contributed by atoms with Crippen molar-refractivity contribution >= 4 is 5.91 Å². The summed E-state index contributed by atoms with van der Waals surface area (Å²) in [6, 6.07) is 0.376. The molecule has 23 heavy (non-hydrogen) atoms. The average Bonchev–Trinajstić information content (AvgIpc) is 2.57. The van der Waals surface area contributed by atoms with E-state index in [9.17, 15) is 4.79 Å². The third-order valence-corrected chi connectivity index (χ3v) is 5.47. The van der Waals surface area contributed by atoms with Gasteiger partial charge in [-0.05, 0) is 57.0 Å². The standard InChI is InChI=1S/C18H35N3O2/c1-15(16-4-8-19-9-5-16)14-18(22)20-17-6-11-21(12-7-17)10-3-13-23-2/h15-17,19H,3-14H2,1-2H3,(H,20,22). The van der Waals surface area contributed by atoms with Crippen LogP contribution in [0.5, 0.6) is 0 Å². The van der Waals surface area contributed by atoms with Crippen LogP contribution in [-0.4, -0.2) is 63.3 Å². The lowest BCUT2D eigenvalue weighted by molar-refractivity contribution is -0.123. The Labute approximate surface area is 141 Å². The van der Waals surface area contributed by atoms with Crippen LogP contribution >= 0.6 is 0 Å². The summed E-state index contributed by atoms with van der Waals surface area (Å²) in [4.78, 5) is 14.8. The summed E-state index contributed by atoms with van der Waals surface area (Å²) >= 11 is 0. The molecule has 2 rings (SSSR count). The largest absolute Gasteiger partial charge is 0.385 e. The summed E-state index contributed by atoms with van der Waals surface area (Å²) in [6.07, 6.45) is 6.39. The van der Waals surface area contributed by atoms with E-state index < -0.39 is 0 Å². The van der Waals surface area contributed by atoms with E-state index in [1.165, 1.54) is 12.8 Å². The van der Waals surface area contributed by atoms with E-state index in [1.54, 1.807) is 7.11 Å². The molecule has 134 valence electrons. The van der Waals surface area contributed by atoms with Gasteiger partial charge in [0.15, 0.2) is 0 Å². The Morgan fingerprint density at radius 2 is 1.96 bits per heavy atom. The van der Waals surface area contributed by atoms with Gasteiger partial charge < -0.3 is 20.3 Å². The molecule has 2 saturated heterocycles. The quantitative estimate of drug-likeness (QED) is 0.666. The second-order valence-corrected chi connectivity index (χ2v) is 7.30. The van der Waals surface area contributed by atoms with Crippen LogP contribution in [0.4, 0.5) is 0 Å². The van der Waals surface area contributed by atoms with Crippen LogP contribution in [-0.2, 0) is 9.53 Å². The van der Waals surface area contributed by atoms with Gasteiger partial charge >= 0.3 is 0 Å². The second-order valence-electron chi connectivity index (χ2n) is 7.30. The van der Waals surface area contributed by atoms with Gasteiger partial charge in [-0.25, -0.2) is 0 Å². The van der Waals surface area contributed by atoms with Crippen LogP contribution in [0.1, 0.15) is 45.4 Å². The van der Waals surface area contributed by atoms with Crippen molar-refractivity contribution in [3.05, 3.63) is 0 Å². The molecule has 0 radical (unpaired) electrons. The molecule has 2 aliphatic rings. The summed E-state index contributed by atoms with van der Waals surface area (Å²) in [5.74, 6) is 1.48. The van der Waals surface area contributed by atoms with Crippen molar-refractivity contribution in [2.24, 2.45) is 11.8 Å². The predicted octanol–water partition coefficient (Wildman–Crippen LogP) is 1.63.